The van der Waals surface area contributed by atoms with Crippen LogP contribution in [-0.2, 0) is 16.2 Å². The van der Waals surface area contributed by atoms with Crippen molar-refractivity contribution in [1.29, 1.82) is 0 Å². The van der Waals surface area contributed by atoms with Gasteiger partial charge in [0.2, 0.25) is 10.0 Å². The Morgan fingerprint density at radius 3 is 2.55 bits per heavy atom. The highest BCUT2D eigenvalue weighted by molar-refractivity contribution is 7.89. The fourth-order valence-electron chi connectivity index (χ4n) is 3.38. The van der Waals surface area contributed by atoms with E-state index in [0.29, 0.717) is 29.9 Å². The third-order valence-corrected chi connectivity index (χ3v) is 7.86. The molecule has 0 saturated carbocycles. The van der Waals surface area contributed by atoms with E-state index in [1.54, 1.807) is 7.11 Å². The quantitative estimate of drug-likeness (QED) is 0.545. The third-order valence-electron chi connectivity index (χ3n) is 5.04. The minimum absolute atomic E-state index is 0.155. The Hall–Kier alpha value is -2.37. The Morgan fingerprint density at radius 1 is 1.13 bits per heavy atom. The highest BCUT2D eigenvalue weighted by Gasteiger charge is 2.34. The molecule has 0 aliphatic carbocycles. The molecule has 166 valence electrons. The number of rotatable bonds is 5. The molecular formula is C20H19F3N2O4S2. The lowest BCUT2D eigenvalue weighted by Gasteiger charge is -2.30. The van der Waals surface area contributed by atoms with Gasteiger partial charge in [-0.05, 0) is 43.2 Å². The van der Waals surface area contributed by atoms with E-state index in [1.807, 2.05) is 18.2 Å². The average molecular weight is 473 g/mol. The van der Waals surface area contributed by atoms with E-state index in [0.717, 1.165) is 22.3 Å². The van der Waals surface area contributed by atoms with Crippen LogP contribution in [0.5, 0.6) is 10.9 Å². The van der Waals surface area contributed by atoms with Crippen LogP contribution in [0.15, 0.2) is 47.4 Å². The number of ether oxygens (including phenoxy) is 2. The zero-order valence-electron chi connectivity index (χ0n) is 16.4. The van der Waals surface area contributed by atoms with Gasteiger partial charge in [-0.1, -0.05) is 17.4 Å². The van der Waals surface area contributed by atoms with Crippen LogP contribution in [0.4, 0.5) is 13.2 Å². The number of aromatic nitrogens is 1. The number of hydrogen-bond acceptors (Lipinski definition) is 6. The summed E-state index contributed by atoms with van der Waals surface area (Å²) >= 11 is 1.39. The van der Waals surface area contributed by atoms with Gasteiger partial charge in [-0.25, -0.2) is 13.4 Å². The highest BCUT2D eigenvalue weighted by Crippen LogP contribution is 2.34. The smallest absolute Gasteiger partial charge is 0.416 e. The first-order valence-electron chi connectivity index (χ1n) is 9.45. The van der Waals surface area contributed by atoms with E-state index in [2.05, 4.69) is 4.98 Å². The molecule has 1 aliphatic heterocycles. The molecule has 1 saturated heterocycles. The van der Waals surface area contributed by atoms with Gasteiger partial charge in [0.1, 0.15) is 11.9 Å². The molecule has 3 aromatic rings. The van der Waals surface area contributed by atoms with Gasteiger partial charge in [0, 0.05) is 19.2 Å². The van der Waals surface area contributed by atoms with Gasteiger partial charge in [0.05, 0.1) is 27.8 Å². The Kier molecular flexibility index (Phi) is 5.84. The van der Waals surface area contributed by atoms with Crippen molar-refractivity contribution in [2.75, 3.05) is 20.2 Å². The molecular weight excluding hydrogens is 453 g/mol. The van der Waals surface area contributed by atoms with E-state index in [-0.39, 0.29) is 24.1 Å². The maximum Gasteiger partial charge on any atom is 0.416 e. The summed E-state index contributed by atoms with van der Waals surface area (Å²) in [7, 11) is -2.44. The van der Waals surface area contributed by atoms with Crippen LogP contribution in [0.1, 0.15) is 18.4 Å². The minimum Gasteiger partial charge on any atom is -0.497 e. The zero-order valence-corrected chi connectivity index (χ0v) is 18.1. The summed E-state index contributed by atoms with van der Waals surface area (Å²) in [6.45, 7) is 0.309. The first kappa shape index (κ1) is 21.8. The van der Waals surface area contributed by atoms with Crippen molar-refractivity contribution >= 4 is 31.6 Å². The monoisotopic (exact) mass is 472 g/mol. The summed E-state index contributed by atoms with van der Waals surface area (Å²) < 4.78 is 77.7. The molecule has 0 bridgehead atoms. The second kappa shape index (κ2) is 8.29. The molecule has 31 heavy (non-hydrogen) atoms. The normalized spacial score (nSPS) is 16.5. The number of thiazole rings is 1. The Balaban J connectivity index is 1.42. The fourth-order valence-corrected chi connectivity index (χ4v) is 5.76. The third kappa shape index (κ3) is 4.63. The van der Waals surface area contributed by atoms with Crippen molar-refractivity contribution in [3.05, 3.63) is 48.0 Å². The molecule has 4 rings (SSSR count). The Bertz CT molecular complexity index is 1190. The Morgan fingerprint density at radius 2 is 1.87 bits per heavy atom. The summed E-state index contributed by atoms with van der Waals surface area (Å²) in [6, 6.07) is 9.35. The average Bonchev–Trinajstić information content (AvgIpc) is 3.15. The van der Waals surface area contributed by atoms with Gasteiger partial charge in [-0.15, -0.1) is 0 Å². The predicted octanol–water partition coefficient (Wildman–Crippen LogP) is 4.56. The van der Waals surface area contributed by atoms with Crippen molar-refractivity contribution in [3.63, 3.8) is 0 Å². The van der Waals surface area contributed by atoms with Crippen LogP contribution < -0.4 is 9.47 Å². The van der Waals surface area contributed by atoms with Crippen LogP contribution >= 0.6 is 11.3 Å². The van der Waals surface area contributed by atoms with E-state index < -0.39 is 21.8 Å². The molecule has 1 fully saturated rings. The van der Waals surface area contributed by atoms with Crippen LogP contribution in [-0.4, -0.2) is 44.0 Å². The number of nitrogens with zero attached hydrogens (tertiary/aromatic N) is 2. The molecule has 0 spiro atoms. The SMILES string of the molecule is COc1ccc2sc(OC3CCN(S(=O)(=O)c4cccc(C(F)(F)F)c4)CC3)nc2c1. The van der Waals surface area contributed by atoms with Crippen molar-refractivity contribution in [2.45, 2.75) is 30.0 Å². The standard InChI is InChI=1S/C20H19F3N2O4S2/c1-28-15-5-6-18-17(12-15)24-19(30-18)29-14-7-9-25(10-8-14)31(26,27)16-4-2-3-13(11-16)20(21,22)23/h2-6,11-12,14H,7-10H2,1H3. The van der Waals surface area contributed by atoms with E-state index in [9.17, 15) is 21.6 Å². The lowest BCUT2D eigenvalue weighted by Crippen LogP contribution is -2.41. The molecule has 6 nitrogen and oxygen atoms in total. The topological polar surface area (TPSA) is 68.7 Å². The van der Waals surface area contributed by atoms with Crippen molar-refractivity contribution in [1.82, 2.24) is 9.29 Å². The van der Waals surface area contributed by atoms with Crippen LogP contribution in [0.3, 0.4) is 0 Å². The predicted molar refractivity (Wildman–Crippen MR) is 110 cm³/mol. The number of benzene rings is 2. The molecule has 11 heteroatoms. The van der Waals surface area contributed by atoms with Crippen molar-refractivity contribution < 1.29 is 31.1 Å². The van der Waals surface area contributed by atoms with Gasteiger partial charge >= 0.3 is 6.18 Å². The molecule has 1 aromatic heterocycles. The van der Waals surface area contributed by atoms with Crippen LogP contribution in [0.25, 0.3) is 10.2 Å². The number of hydrogen-bond donors (Lipinski definition) is 0. The van der Waals surface area contributed by atoms with Gasteiger partial charge < -0.3 is 9.47 Å². The zero-order chi connectivity index (χ0) is 22.2. The summed E-state index contributed by atoms with van der Waals surface area (Å²) in [4.78, 5) is 4.08. The molecule has 0 unspecified atom stereocenters. The van der Waals surface area contributed by atoms with Crippen molar-refractivity contribution in [3.8, 4) is 10.9 Å². The second-order valence-electron chi connectivity index (χ2n) is 7.06. The van der Waals surface area contributed by atoms with E-state index >= 15 is 0 Å². The number of sulfonamides is 1. The first-order valence-corrected chi connectivity index (χ1v) is 11.7. The summed E-state index contributed by atoms with van der Waals surface area (Å²) in [5, 5.41) is 0.488. The maximum atomic E-state index is 12.9. The number of halogens is 3. The van der Waals surface area contributed by atoms with Crippen molar-refractivity contribution in [2.24, 2.45) is 0 Å². The molecule has 0 atom stereocenters. The second-order valence-corrected chi connectivity index (χ2v) is 9.99. The lowest BCUT2D eigenvalue weighted by molar-refractivity contribution is -0.137. The molecule has 0 amide bonds. The fraction of sp³-hybridized carbons (Fsp3) is 0.350. The van der Waals surface area contributed by atoms with E-state index in [4.69, 9.17) is 9.47 Å². The number of piperidine rings is 1. The molecule has 0 N–H and O–H groups in total. The summed E-state index contributed by atoms with van der Waals surface area (Å²) in [5.41, 5.74) is -0.233. The minimum atomic E-state index is -4.60. The molecule has 1 aliphatic rings. The largest absolute Gasteiger partial charge is 0.497 e. The number of methoxy groups -OCH3 is 1. The Labute approximate surface area is 181 Å². The van der Waals surface area contributed by atoms with Gasteiger partial charge in [-0.3, -0.25) is 0 Å². The van der Waals surface area contributed by atoms with Gasteiger partial charge in [0.15, 0.2) is 0 Å². The number of fused-ring (bicyclic) bond motifs is 1. The summed E-state index contributed by atoms with van der Waals surface area (Å²) in [6.07, 6.45) is -4.00. The molecule has 0 radical (unpaired) electrons. The lowest BCUT2D eigenvalue weighted by atomic mass is 10.1. The van der Waals surface area contributed by atoms with Crippen LogP contribution in [0, 0.1) is 0 Å². The molecule has 2 aromatic carbocycles. The van der Waals surface area contributed by atoms with Crippen LogP contribution in [0.2, 0.25) is 0 Å². The van der Waals surface area contributed by atoms with E-state index in [1.165, 1.54) is 21.7 Å². The van der Waals surface area contributed by atoms with Gasteiger partial charge in [0.25, 0.3) is 5.19 Å². The molecule has 2 heterocycles. The maximum absolute atomic E-state index is 12.9. The highest BCUT2D eigenvalue weighted by atomic mass is 32.2. The first-order chi connectivity index (χ1) is 14.7. The van der Waals surface area contributed by atoms with Gasteiger partial charge in [-0.2, -0.15) is 17.5 Å². The number of alkyl halides is 3. The summed E-state index contributed by atoms with van der Waals surface area (Å²) in [5.74, 6) is 0.692.